The van der Waals surface area contributed by atoms with Crippen LogP contribution in [0.5, 0.6) is 0 Å². The minimum atomic E-state index is -0.248. The van der Waals surface area contributed by atoms with Crippen LogP contribution < -0.4 is 5.56 Å². The summed E-state index contributed by atoms with van der Waals surface area (Å²) in [4.78, 5) is 15.9. The molecule has 5 rings (SSSR count). The van der Waals surface area contributed by atoms with Gasteiger partial charge >= 0.3 is 0 Å². The average molecular weight is 456 g/mol. The fraction of sp³-hybridized carbons (Fsp3) is 0.310. The van der Waals surface area contributed by atoms with Gasteiger partial charge in [-0.15, -0.1) is 0 Å². The largest absolute Gasteiger partial charge is 0.303 e. The molecule has 0 N–H and O–H groups in total. The van der Waals surface area contributed by atoms with Crippen LogP contribution in [0.4, 0.5) is 4.39 Å². The van der Waals surface area contributed by atoms with Crippen molar-refractivity contribution < 1.29 is 4.39 Å². The number of hydrogen-bond acceptors (Lipinski definition) is 3. The summed E-state index contributed by atoms with van der Waals surface area (Å²) in [7, 11) is 0. The fourth-order valence-electron chi connectivity index (χ4n) is 4.99. The Kier molecular flexibility index (Phi) is 6.82. The van der Waals surface area contributed by atoms with Crippen molar-refractivity contribution in [1.29, 1.82) is 0 Å². The van der Waals surface area contributed by atoms with E-state index in [1.165, 1.54) is 17.7 Å². The number of rotatable bonds is 6. The zero-order chi connectivity index (χ0) is 23.3. The first kappa shape index (κ1) is 22.5. The van der Waals surface area contributed by atoms with Crippen LogP contribution in [0.25, 0.3) is 10.8 Å². The smallest absolute Gasteiger partial charge is 0.274 e. The lowest BCUT2D eigenvalue weighted by Crippen LogP contribution is -2.30. The SMILES string of the molecule is O=c1c2ccccc2c(Cc2ccc(F)cc2)nn1[C@H]1CCCN(CCc2ccccc2)CC1. The average Bonchev–Trinajstić information content (AvgIpc) is 3.12. The second-order valence-corrected chi connectivity index (χ2v) is 9.21. The van der Waals surface area contributed by atoms with Crippen LogP contribution in [0.2, 0.25) is 0 Å². The van der Waals surface area contributed by atoms with E-state index in [1.54, 1.807) is 16.8 Å². The van der Waals surface area contributed by atoms with Gasteiger partial charge in [-0.3, -0.25) is 4.79 Å². The van der Waals surface area contributed by atoms with Gasteiger partial charge < -0.3 is 4.90 Å². The zero-order valence-electron chi connectivity index (χ0n) is 19.4. The van der Waals surface area contributed by atoms with Gasteiger partial charge in [0, 0.05) is 24.9 Å². The van der Waals surface area contributed by atoms with Crippen LogP contribution in [-0.2, 0) is 12.8 Å². The van der Waals surface area contributed by atoms with Crippen LogP contribution in [-0.4, -0.2) is 34.3 Å². The van der Waals surface area contributed by atoms with Crippen molar-refractivity contribution >= 4 is 10.8 Å². The molecule has 1 saturated heterocycles. The third kappa shape index (κ3) is 5.10. The molecule has 1 fully saturated rings. The van der Waals surface area contributed by atoms with Crippen LogP contribution in [0, 0.1) is 5.82 Å². The molecule has 3 aromatic carbocycles. The van der Waals surface area contributed by atoms with Gasteiger partial charge in [-0.1, -0.05) is 60.7 Å². The van der Waals surface area contributed by atoms with Gasteiger partial charge in [0.1, 0.15) is 5.82 Å². The molecular formula is C29H30FN3O. The quantitative estimate of drug-likeness (QED) is 0.391. The van der Waals surface area contributed by atoms with Crippen molar-refractivity contribution in [2.45, 2.75) is 38.1 Å². The van der Waals surface area contributed by atoms with Crippen LogP contribution in [0.3, 0.4) is 0 Å². The predicted octanol–water partition coefficient (Wildman–Crippen LogP) is 5.40. The molecule has 0 bridgehead atoms. The molecule has 1 aromatic heterocycles. The molecule has 174 valence electrons. The number of benzene rings is 3. The Balaban J connectivity index is 1.38. The minimum absolute atomic E-state index is 0.0128. The maximum Gasteiger partial charge on any atom is 0.274 e. The molecule has 0 amide bonds. The van der Waals surface area contributed by atoms with E-state index in [-0.39, 0.29) is 17.4 Å². The third-order valence-corrected chi connectivity index (χ3v) is 6.89. The molecule has 1 atom stereocenters. The molecule has 0 spiro atoms. The molecule has 34 heavy (non-hydrogen) atoms. The Morgan fingerprint density at radius 1 is 0.824 bits per heavy atom. The number of fused-ring (bicyclic) bond motifs is 1. The summed E-state index contributed by atoms with van der Waals surface area (Å²) >= 11 is 0. The summed E-state index contributed by atoms with van der Waals surface area (Å²) in [6, 6.07) is 24.9. The van der Waals surface area contributed by atoms with Gasteiger partial charge in [-0.25, -0.2) is 9.07 Å². The van der Waals surface area contributed by atoms with E-state index in [0.29, 0.717) is 11.8 Å². The van der Waals surface area contributed by atoms with E-state index in [1.807, 2.05) is 24.3 Å². The van der Waals surface area contributed by atoms with Crippen molar-refractivity contribution in [2.75, 3.05) is 19.6 Å². The van der Waals surface area contributed by atoms with Crippen molar-refractivity contribution in [2.24, 2.45) is 0 Å². The molecule has 1 aliphatic rings. The lowest BCUT2D eigenvalue weighted by molar-refractivity contribution is 0.281. The maximum atomic E-state index is 13.4. The van der Waals surface area contributed by atoms with Gasteiger partial charge in [0.05, 0.1) is 17.1 Å². The van der Waals surface area contributed by atoms with Crippen molar-refractivity contribution in [1.82, 2.24) is 14.7 Å². The Hall–Kier alpha value is -3.31. The summed E-state index contributed by atoms with van der Waals surface area (Å²) in [6.07, 6.45) is 4.52. The molecule has 0 saturated carbocycles. The van der Waals surface area contributed by atoms with Crippen molar-refractivity contribution in [3.05, 3.63) is 112 Å². The van der Waals surface area contributed by atoms with Gasteiger partial charge in [0.15, 0.2) is 0 Å². The number of halogens is 1. The molecule has 0 aliphatic carbocycles. The highest BCUT2D eigenvalue weighted by atomic mass is 19.1. The van der Waals surface area contributed by atoms with Gasteiger partial charge in [-0.2, -0.15) is 5.10 Å². The second-order valence-electron chi connectivity index (χ2n) is 9.21. The van der Waals surface area contributed by atoms with Crippen molar-refractivity contribution in [3.63, 3.8) is 0 Å². The highest BCUT2D eigenvalue weighted by molar-refractivity contribution is 5.83. The number of hydrogen-bond donors (Lipinski definition) is 0. The molecule has 4 nitrogen and oxygen atoms in total. The molecule has 4 aromatic rings. The Bertz CT molecular complexity index is 1300. The zero-order valence-corrected chi connectivity index (χ0v) is 19.4. The van der Waals surface area contributed by atoms with Crippen molar-refractivity contribution in [3.8, 4) is 0 Å². The minimum Gasteiger partial charge on any atom is -0.303 e. The summed E-state index contributed by atoms with van der Waals surface area (Å²) in [5.41, 5.74) is 3.20. The summed E-state index contributed by atoms with van der Waals surface area (Å²) in [6.45, 7) is 3.05. The van der Waals surface area contributed by atoms with E-state index >= 15 is 0 Å². The van der Waals surface area contributed by atoms with E-state index in [0.717, 1.165) is 62.0 Å². The van der Waals surface area contributed by atoms with Crippen LogP contribution in [0.1, 0.15) is 42.1 Å². The maximum absolute atomic E-state index is 13.4. The Labute approximate surface area is 199 Å². The van der Waals surface area contributed by atoms with E-state index < -0.39 is 0 Å². The first-order chi connectivity index (χ1) is 16.7. The highest BCUT2D eigenvalue weighted by Crippen LogP contribution is 2.24. The molecular weight excluding hydrogens is 425 g/mol. The summed E-state index contributed by atoms with van der Waals surface area (Å²) in [5, 5.41) is 6.48. The monoisotopic (exact) mass is 455 g/mol. The Morgan fingerprint density at radius 2 is 1.56 bits per heavy atom. The fourth-order valence-corrected chi connectivity index (χ4v) is 4.99. The predicted molar refractivity (Wildman–Crippen MR) is 135 cm³/mol. The molecule has 0 radical (unpaired) electrons. The third-order valence-electron chi connectivity index (χ3n) is 6.89. The molecule has 1 aliphatic heterocycles. The number of aromatic nitrogens is 2. The van der Waals surface area contributed by atoms with Crippen LogP contribution in [0.15, 0.2) is 83.7 Å². The van der Waals surface area contributed by atoms with E-state index in [9.17, 15) is 9.18 Å². The molecule has 5 heteroatoms. The van der Waals surface area contributed by atoms with E-state index in [2.05, 4.69) is 35.2 Å². The summed E-state index contributed by atoms with van der Waals surface area (Å²) in [5.74, 6) is -0.248. The topological polar surface area (TPSA) is 38.1 Å². The van der Waals surface area contributed by atoms with Gasteiger partial charge in [0.2, 0.25) is 0 Å². The van der Waals surface area contributed by atoms with Gasteiger partial charge in [-0.05, 0) is 61.6 Å². The first-order valence-electron chi connectivity index (χ1n) is 12.2. The first-order valence-corrected chi connectivity index (χ1v) is 12.2. The van der Waals surface area contributed by atoms with Crippen LogP contribution >= 0.6 is 0 Å². The normalized spacial score (nSPS) is 17.0. The standard InChI is InChI=1S/C29H30FN3O/c30-24-14-12-23(13-15-24)21-28-26-10-4-5-11-27(26)29(34)33(31-28)25-9-6-18-32(20-17-25)19-16-22-7-2-1-3-8-22/h1-5,7-8,10-15,25H,6,9,16-21H2/t25-/m0/s1. The molecule has 2 heterocycles. The van der Waals surface area contributed by atoms with E-state index in [4.69, 9.17) is 5.10 Å². The highest BCUT2D eigenvalue weighted by Gasteiger charge is 2.22. The summed E-state index contributed by atoms with van der Waals surface area (Å²) < 4.78 is 15.1. The number of nitrogens with zero attached hydrogens (tertiary/aromatic N) is 3. The molecule has 0 unspecified atom stereocenters. The van der Waals surface area contributed by atoms with Gasteiger partial charge in [0.25, 0.3) is 5.56 Å². The lowest BCUT2D eigenvalue weighted by Gasteiger charge is -2.21. The Morgan fingerprint density at radius 3 is 2.35 bits per heavy atom. The second kappa shape index (κ2) is 10.3. The lowest BCUT2D eigenvalue weighted by atomic mass is 10.0. The number of likely N-dealkylation sites (tertiary alicyclic amines) is 1.